The van der Waals surface area contributed by atoms with Crippen LogP contribution in [0.1, 0.15) is 56.3 Å². The van der Waals surface area contributed by atoms with Gasteiger partial charge in [0.15, 0.2) is 0 Å². The fraction of sp³-hybridized carbons (Fsp3) is 0.438. The molecule has 47 heavy (non-hydrogen) atoms. The number of anilines is 3. The number of hydrogen-bond donors (Lipinski definition) is 5. The minimum Gasteiger partial charge on any atom is -0.453 e. The first-order valence-electron chi connectivity index (χ1n) is 15.2. The Bertz CT molecular complexity index is 1540. The second-order valence-electron chi connectivity index (χ2n) is 11.5. The van der Waals surface area contributed by atoms with E-state index in [2.05, 4.69) is 31.3 Å². The number of nitrogens with one attached hydrogen (secondary N) is 5. The average molecular weight is 694 g/mol. The van der Waals surface area contributed by atoms with Gasteiger partial charge in [0.1, 0.15) is 17.1 Å². The van der Waals surface area contributed by atoms with E-state index in [1.807, 2.05) is 6.92 Å². The summed E-state index contributed by atoms with van der Waals surface area (Å²) in [4.78, 5) is 51.6. The first kappa shape index (κ1) is 35.8. The zero-order valence-corrected chi connectivity index (χ0v) is 28.1. The Kier molecular flexibility index (Phi) is 12.3. The molecule has 0 radical (unpaired) electrons. The van der Waals surface area contributed by atoms with Gasteiger partial charge in [-0.15, -0.1) is 0 Å². The molecule has 15 heteroatoms. The summed E-state index contributed by atoms with van der Waals surface area (Å²) in [7, 11) is 4.39. The highest BCUT2D eigenvalue weighted by atomic mass is 35.5. The van der Waals surface area contributed by atoms with E-state index in [-0.39, 0.29) is 39.2 Å². The molecule has 0 aliphatic carbocycles. The van der Waals surface area contributed by atoms with Crippen LogP contribution in [0.25, 0.3) is 5.70 Å². The van der Waals surface area contributed by atoms with Crippen LogP contribution < -0.4 is 26.6 Å². The minimum absolute atomic E-state index is 0.0933. The van der Waals surface area contributed by atoms with E-state index in [1.54, 1.807) is 30.1 Å². The van der Waals surface area contributed by atoms with Gasteiger partial charge in [0.25, 0.3) is 0 Å². The molecule has 0 spiro atoms. The number of nitrogens with zero attached hydrogens (tertiary/aromatic N) is 1. The molecule has 12 nitrogen and oxygen atoms in total. The number of ether oxygens (including phenoxy) is 2. The third kappa shape index (κ3) is 8.45. The minimum atomic E-state index is -0.722. The lowest BCUT2D eigenvalue weighted by molar-refractivity contribution is -0.135. The van der Waals surface area contributed by atoms with Crippen molar-refractivity contribution in [3.63, 3.8) is 0 Å². The van der Waals surface area contributed by atoms with Crippen LogP contribution in [0.4, 0.5) is 26.2 Å². The topological polar surface area (TPSA) is 150 Å². The number of carbonyl (C=O) groups excluding carboxylic acids is 4. The highest BCUT2D eigenvalue weighted by Crippen LogP contribution is 2.36. The summed E-state index contributed by atoms with van der Waals surface area (Å²) in [5.41, 5.74) is 2.30. The fourth-order valence-electron chi connectivity index (χ4n) is 5.79. The Balaban J connectivity index is 1.51. The molecule has 2 heterocycles. The second kappa shape index (κ2) is 16.2. The summed E-state index contributed by atoms with van der Waals surface area (Å²) < 4.78 is 25.3. The van der Waals surface area contributed by atoms with Crippen molar-refractivity contribution in [1.82, 2.24) is 15.5 Å². The smallest absolute Gasteiger partial charge is 0.411 e. The lowest BCUT2D eigenvalue weighted by Crippen LogP contribution is -2.48. The van der Waals surface area contributed by atoms with Crippen LogP contribution in [0.3, 0.4) is 0 Å². The molecule has 0 saturated carbocycles. The summed E-state index contributed by atoms with van der Waals surface area (Å²) in [5, 5.41) is 14.8. The number of benzene rings is 2. The number of hydrogen-bond acceptors (Lipinski definition) is 8. The first-order valence-corrected chi connectivity index (χ1v) is 15.9. The van der Waals surface area contributed by atoms with E-state index in [9.17, 15) is 19.2 Å². The van der Waals surface area contributed by atoms with Crippen molar-refractivity contribution in [3.05, 3.63) is 57.5 Å². The van der Waals surface area contributed by atoms with Gasteiger partial charge in [0, 0.05) is 49.1 Å². The molecule has 4 atom stereocenters. The molecule has 2 bridgehead atoms. The second-order valence-corrected chi connectivity index (χ2v) is 12.3. The van der Waals surface area contributed by atoms with Crippen LogP contribution in [0.2, 0.25) is 5.02 Å². The number of rotatable bonds is 10. The highest BCUT2D eigenvalue weighted by molar-refractivity contribution is 6.33. The van der Waals surface area contributed by atoms with Crippen molar-refractivity contribution < 1.29 is 33.0 Å². The van der Waals surface area contributed by atoms with Crippen LogP contribution in [0, 0.1) is 17.7 Å². The average Bonchev–Trinajstić information content (AvgIpc) is 3.43. The van der Waals surface area contributed by atoms with Gasteiger partial charge in [-0.2, -0.15) is 0 Å². The van der Waals surface area contributed by atoms with Gasteiger partial charge in [0.2, 0.25) is 18.2 Å². The molecule has 2 aromatic rings. The molecule has 5 N–H and O–H groups in total. The van der Waals surface area contributed by atoms with E-state index < -0.39 is 30.1 Å². The Labute approximate surface area is 282 Å². The van der Waals surface area contributed by atoms with Crippen LogP contribution in [0.5, 0.6) is 0 Å². The molecule has 4 unspecified atom stereocenters. The predicted octanol–water partition coefficient (Wildman–Crippen LogP) is 5.61. The molecule has 0 fully saturated rings. The zero-order valence-electron chi connectivity index (χ0n) is 26.5. The summed E-state index contributed by atoms with van der Waals surface area (Å²) in [5.74, 6) is -1.93. The van der Waals surface area contributed by atoms with Crippen LogP contribution in [-0.4, -0.2) is 63.2 Å². The van der Waals surface area contributed by atoms with Crippen LogP contribution in [-0.2, 0) is 23.9 Å². The monoisotopic (exact) mass is 692 g/mol. The number of halogens is 3. The van der Waals surface area contributed by atoms with E-state index in [0.29, 0.717) is 67.7 Å². The van der Waals surface area contributed by atoms with Crippen LogP contribution in [0.15, 0.2) is 35.5 Å². The molecule has 2 aromatic carbocycles. The maximum absolute atomic E-state index is 15.0. The summed E-state index contributed by atoms with van der Waals surface area (Å²) >= 11 is 12.7. The Morgan fingerprint density at radius 1 is 1.17 bits per heavy atom. The van der Waals surface area contributed by atoms with Gasteiger partial charge < -0.3 is 35.6 Å². The first-order chi connectivity index (χ1) is 22.5. The molecule has 4 rings (SSSR count). The molecular weight excluding hydrogens is 654 g/mol. The van der Waals surface area contributed by atoms with Gasteiger partial charge in [-0.05, 0) is 56.0 Å². The van der Waals surface area contributed by atoms with E-state index in [0.717, 1.165) is 0 Å². The number of amides is 4. The van der Waals surface area contributed by atoms with Gasteiger partial charge in [0.05, 0.1) is 35.5 Å². The van der Waals surface area contributed by atoms with Crippen molar-refractivity contribution in [1.29, 1.82) is 0 Å². The molecule has 4 amide bonds. The lowest BCUT2D eigenvalue weighted by atomic mass is 9.93. The third-order valence-electron chi connectivity index (χ3n) is 8.39. The van der Waals surface area contributed by atoms with Gasteiger partial charge in [-0.1, -0.05) is 36.5 Å². The maximum atomic E-state index is 15.0. The van der Waals surface area contributed by atoms with E-state index >= 15 is 4.39 Å². The highest BCUT2D eigenvalue weighted by Gasteiger charge is 2.37. The molecule has 254 valence electrons. The van der Waals surface area contributed by atoms with E-state index in [1.165, 1.54) is 26.4 Å². The summed E-state index contributed by atoms with van der Waals surface area (Å²) in [6.45, 7) is 2.16. The lowest BCUT2D eigenvalue weighted by Gasteiger charge is -2.30. The number of fused-ring (bicyclic) bond motifs is 4. The summed E-state index contributed by atoms with van der Waals surface area (Å²) in [6.07, 6.45) is 0.949. The molecule has 0 aromatic heterocycles. The zero-order chi connectivity index (χ0) is 34.2. The Hall–Kier alpha value is -4.07. The molecule has 0 saturated heterocycles. The Morgan fingerprint density at radius 3 is 2.64 bits per heavy atom. The van der Waals surface area contributed by atoms with Crippen molar-refractivity contribution >= 4 is 70.3 Å². The standard InChI is InChI=1S/C32H39Cl2FN6O6/c1-17-7-5-8-20(31(44)41(2)14-6-9-24(46-3)25-22(36-16-42)13-12-21(33)26(25)35)29-39-27(28(34)40-29)19-11-10-18(37-32(45)47-4)15-23(19)38-30(17)43/h10-13,15-17,20,24,29,39-40H,5-9,14H2,1-4H3,(H,36,42)(H,37,45)(H,38,43). The van der Waals surface area contributed by atoms with Gasteiger partial charge >= 0.3 is 6.09 Å². The molecule has 2 aliphatic heterocycles. The van der Waals surface area contributed by atoms with Crippen molar-refractivity contribution in [3.8, 4) is 0 Å². The largest absolute Gasteiger partial charge is 0.453 e. The quantitative estimate of drug-likeness (QED) is 0.159. The van der Waals surface area contributed by atoms with Crippen LogP contribution >= 0.6 is 23.2 Å². The molecule has 2 aliphatic rings. The number of methoxy groups -OCH3 is 2. The van der Waals surface area contributed by atoms with E-state index in [4.69, 9.17) is 27.9 Å². The van der Waals surface area contributed by atoms with Gasteiger partial charge in [-0.3, -0.25) is 19.7 Å². The Morgan fingerprint density at radius 2 is 1.94 bits per heavy atom. The predicted molar refractivity (Wildman–Crippen MR) is 178 cm³/mol. The normalized spacial score (nSPS) is 19.9. The third-order valence-corrected chi connectivity index (χ3v) is 8.98. The van der Waals surface area contributed by atoms with Crippen molar-refractivity contribution in [2.24, 2.45) is 11.8 Å². The van der Waals surface area contributed by atoms with Gasteiger partial charge in [-0.25, -0.2) is 9.18 Å². The molecular formula is C32H39Cl2FN6O6. The maximum Gasteiger partial charge on any atom is 0.411 e. The van der Waals surface area contributed by atoms with Crippen molar-refractivity contribution in [2.45, 2.75) is 51.3 Å². The summed E-state index contributed by atoms with van der Waals surface area (Å²) in [6, 6.07) is 7.85. The SMILES string of the molecule is COC(=O)Nc1ccc2c(c1)NC(=O)C(C)CCCC(C(=O)N(C)CCCC(OC)c1c(NC=O)ccc(Cl)c1F)C1NC(Cl)=C2N1. The number of carbonyl (C=O) groups is 4. The van der Waals surface area contributed by atoms with Crippen molar-refractivity contribution in [2.75, 3.05) is 43.8 Å². The fourth-order valence-corrected chi connectivity index (χ4v) is 6.23.